The molecule has 1 aliphatic rings. The highest BCUT2D eigenvalue weighted by molar-refractivity contribution is 7.88. The van der Waals surface area contributed by atoms with Gasteiger partial charge in [0.2, 0.25) is 10.0 Å². The van der Waals surface area contributed by atoms with Crippen LogP contribution in [0.15, 0.2) is 18.6 Å². The Kier molecular flexibility index (Phi) is 4.05. The van der Waals surface area contributed by atoms with Crippen LogP contribution in [-0.2, 0) is 29.7 Å². The summed E-state index contributed by atoms with van der Waals surface area (Å²) in [5, 5.41) is 8.02. The van der Waals surface area contributed by atoms with Crippen LogP contribution < -0.4 is 4.72 Å². The Morgan fingerprint density at radius 1 is 1.30 bits per heavy atom. The molecule has 3 heterocycles. The maximum atomic E-state index is 12.3. The molecule has 1 N–H and O–H groups in total. The zero-order chi connectivity index (χ0) is 16.4. The van der Waals surface area contributed by atoms with Gasteiger partial charge in [-0.3, -0.25) is 9.78 Å². The van der Waals surface area contributed by atoms with Gasteiger partial charge in [0.05, 0.1) is 25.5 Å². The Labute approximate surface area is 132 Å². The molecule has 10 nitrogen and oxygen atoms in total. The van der Waals surface area contributed by atoms with Crippen LogP contribution in [0.3, 0.4) is 0 Å². The largest absolute Gasteiger partial charge is 0.328 e. The van der Waals surface area contributed by atoms with Crippen LogP contribution >= 0.6 is 0 Å². The van der Waals surface area contributed by atoms with Crippen molar-refractivity contribution in [2.75, 3.05) is 12.8 Å². The van der Waals surface area contributed by atoms with E-state index in [9.17, 15) is 13.2 Å². The zero-order valence-corrected chi connectivity index (χ0v) is 13.2. The Bertz CT molecular complexity index is 818. The first-order valence-corrected chi connectivity index (χ1v) is 8.74. The summed E-state index contributed by atoms with van der Waals surface area (Å²) in [6.07, 6.45) is 5.48. The first kappa shape index (κ1) is 15.5. The molecular weight excluding hydrogens is 322 g/mol. The minimum absolute atomic E-state index is 0.0734. The van der Waals surface area contributed by atoms with E-state index >= 15 is 0 Å². The lowest BCUT2D eigenvalue weighted by Gasteiger charge is -2.27. The summed E-state index contributed by atoms with van der Waals surface area (Å²) in [6, 6.07) is 0. The molecule has 0 bridgehead atoms. The Morgan fingerprint density at radius 2 is 2.13 bits per heavy atom. The molecule has 0 atom stereocenters. The van der Waals surface area contributed by atoms with E-state index < -0.39 is 10.0 Å². The van der Waals surface area contributed by atoms with Gasteiger partial charge < -0.3 is 9.47 Å². The maximum Gasteiger partial charge on any atom is 0.274 e. The molecule has 0 aromatic carbocycles. The number of hydrogen-bond acceptors (Lipinski definition) is 7. The van der Waals surface area contributed by atoms with Gasteiger partial charge in [0.25, 0.3) is 5.91 Å². The van der Waals surface area contributed by atoms with Gasteiger partial charge in [-0.05, 0) is 0 Å². The first-order valence-electron chi connectivity index (χ1n) is 6.85. The lowest BCUT2D eigenvalue weighted by molar-refractivity contribution is 0.0700. The van der Waals surface area contributed by atoms with E-state index in [2.05, 4.69) is 24.9 Å². The highest BCUT2D eigenvalue weighted by atomic mass is 32.2. The first-order chi connectivity index (χ1) is 10.9. The SMILES string of the molecule is CS(=O)(=O)NCc1nnc2n1CCN(C(=O)c1cnccn1)C2. The predicted molar refractivity (Wildman–Crippen MR) is 78.5 cm³/mol. The quantitative estimate of drug-likeness (QED) is 0.741. The Balaban J connectivity index is 1.73. The summed E-state index contributed by atoms with van der Waals surface area (Å²) in [6.45, 7) is 1.33. The average Bonchev–Trinajstić information content (AvgIpc) is 2.94. The lowest BCUT2D eigenvalue weighted by Crippen LogP contribution is -2.39. The highest BCUT2D eigenvalue weighted by Crippen LogP contribution is 2.14. The van der Waals surface area contributed by atoms with Crippen LogP contribution in [0, 0.1) is 0 Å². The normalized spacial score (nSPS) is 14.6. The second kappa shape index (κ2) is 6.01. The van der Waals surface area contributed by atoms with Crippen molar-refractivity contribution < 1.29 is 13.2 Å². The fourth-order valence-electron chi connectivity index (χ4n) is 2.29. The topological polar surface area (TPSA) is 123 Å². The monoisotopic (exact) mass is 337 g/mol. The van der Waals surface area contributed by atoms with Crippen molar-refractivity contribution >= 4 is 15.9 Å². The van der Waals surface area contributed by atoms with Gasteiger partial charge in [-0.2, -0.15) is 0 Å². The van der Waals surface area contributed by atoms with Crippen LogP contribution in [0.25, 0.3) is 0 Å². The number of amides is 1. The third-order valence-electron chi connectivity index (χ3n) is 3.39. The third-order valence-corrected chi connectivity index (χ3v) is 4.06. The second-order valence-corrected chi connectivity index (χ2v) is 6.93. The summed E-state index contributed by atoms with van der Waals surface area (Å²) < 4.78 is 26.5. The number of carbonyl (C=O) groups excluding carboxylic acids is 1. The number of carbonyl (C=O) groups is 1. The van der Waals surface area contributed by atoms with Crippen LogP contribution in [-0.4, -0.2) is 56.8 Å². The number of sulfonamides is 1. The molecule has 2 aromatic rings. The van der Waals surface area contributed by atoms with E-state index in [1.165, 1.54) is 18.6 Å². The van der Waals surface area contributed by atoms with Gasteiger partial charge in [0, 0.05) is 25.5 Å². The molecular formula is C12H15N7O3S. The fourth-order valence-corrected chi connectivity index (χ4v) is 2.68. The van der Waals surface area contributed by atoms with E-state index in [1.54, 1.807) is 4.90 Å². The predicted octanol–water partition coefficient (Wildman–Crippen LogP) is -1.23. The number of rotatable bonds is 4. The molecule has 1 amide bonds. The molecule has 23 heavy (non-hydrogen) atoms. The van der Waals surface area contributed by atoms with E-state index in [4.69, 9.17) is 0 Å². The smallest absolute Gasteiger partial charge is 0.274 e. The number of hydrogen-bond donors (Lipinski definition) is 1. The molecule has 0 fully saturated rings. The molecule has 0 saturated heterocycles. The van der Waals surface area contributed by atoms with Crippen molar-refractivity contribution in [3.05, 3.63) is 35.9 Å². The van der Waals surface area contributed by atoms with Crippen LogP contribution in [0.2, 0.25) is 0 Å². The Morgan fingerprint density at radius 3 is 2.83 bits per heavy atom. The molecule has 11 heteroatoms. The van der Waals surface area contributed by atoms with Crippen LogP contribution in [0.1, 0.15) is 22.1 Å². The molecule has 3 rings (SSSR count). The van der Waals surface area contributed by atoms with Crippen molar-refractivity contribution in [2.45, 2.75) is 19.6 Å². The minimum Gasteiger partial charge on any atom is -0.328 e. The minimum atomic E-state index is -3.30. The molecule has 2 aromatic heterocycles. The Hall–Kier alpha value is -2.40. The van der Waals surface area contributed by atoms with Crippen LogP contribution in [0.5, 0.6) is 0 Å². The molecule has 0 radical (unpaired) electrons. The van der Waals surface area contributed by atoms with Gasteiger partial charge in [-0.15, -0.1) is 10.2 Å². The van der Waals surface area contributed by atoms with Gasteiger partial charge in [0.1, 0.15) is 11.5 Å². The summed E-state index contributed by atoms with van der Waals surface area (Å²) in [4.78, 5) is 21.8. The second-order valence-electron chi connectivity index (χ2n) is 5.09. The summed E-state index contributed by atoms with van der Waals surface area (Å²) in [5.74, 6) is 0.916. The molecule has 0 saturated carbocycles. The number of aromatic nitrogens is 5. The maximum absolute atomic E-state index is 12.3. The highest BCUT2D eigenvalue weighted by Gasteiger charge is 2.26. The van der Waals surface area contributed by atoms with Gasteiger partial charge in [0.15, 0.2) is 5.82 Å². The summed E-state index contributed by atoms with van der Waals surface area (Å²) in [5.41, 5.74) is 0.277. The van der Waals surface area contributed by atoms with Crippen molar-refractivity contribution in [1.29, 1.82) is 0 Å². The van der Waals surface area contributed by atoms with E-state index in [1.807, 2.05) is 4.57 Å². The standard InChI is InChI=1S/C12H15N7O3S/c1-23(21,22)15-7-10-16-17-11-8-18(4-5-19(10)11)12(20)9-6-13-2-3-14-9/h2-3,6,15H,4-5,7-8H2,1H3. The molecule has 1 aliphatic heterocycles. The van der Waals surface area contributed by atoms with Crippen molar-refractivity contribution in [2.24, 2.45) is 0 Å². The van der Waals surface area contributed by atoms with Gasteiger partial charge in [-0.1, -0.05) is 0 Å². The summed E-state index contributed by atoms with van der Waals surface area (Å²) >= 11 is 0. The average molecular weight is 337 g/mol. The lowest BCUT2D eigenvalue weighted by atomic mass is 10.3. The molecule has 0 aliphatic carbocycles. The third kappa shape index (κ3) is 3.51. The molecule has 0 spiro atoms. The molecule has 122 valence electrons. The van der Waals surface area contributed by atoms with Crippen molar-refractivity contribution in [1.82, 2.24) is 34.4 Å². The van der Waals surface area contributed by atoms with Gasteiger partial charge in [-0.25, -0.2) is 18.1 Å². The number of nitrogens with zero attached hydrogens (tertiary/aromatic N) is 6. The van der Waals surface area contributed by atoms with E-state index in [-0.39, 0.29) is 18.1 Å². The zero-order valence-electron chi connectivity index (χ0n) is 12.4. The van der Waals surface area contributed by atoms with Gasteiger partial charge >= 0.3 is 0 Å². The molecule has 0 unspecified atom stereocenters. The number of fused-ring (bicyclic) bond motifs is 1. The number of nitrogens with one attached hydrogen (secondary N) is 1. The summed E-state index contributed by atoms with van der Waals surface area (Å²) in [7, 11) is -3.30. The van der Waals surface area contributed by atoms with Crippen LogP contribution in [0.4, 0.5) is 0 Å². The fraction of sp³-hybridized carbons (Fsp3) is 0.417. The van der Waals surface area contributed by atoms with Crippen molar-refractivity contribution in [3.63, 3.8) is 0 Å². The van der Waals surface area contributed by atoms with E-state index in [0.29, 0.717) is 31.3 Å². The van der Waals surface area contributed by atoms with Crippen molar-refractivity contribution in [3.8, 4) is 0 Å². The van der Waals surface area contributed by atoms with E-state index in [0.717, 1.165) is 6.26 Å².